The number of nitro benzene ring substituents is 1. The van der Waals surface area contributed by atoms with Crippen LogP contribution in [0.5, 0.6) is 5.75 Å². The number of rotatable bonds is 4. The number of nitro groups is 1. The van der Waals surface area contributed by atoms with E-state index in [1.54, 1.807) is 12.1 Å². The number of fused-ring (bicyclic) bond motifs is 1. The lowest BCUT2D eigenvalue weighted by molar-refractivity contribution is -0.384. The number of imidazole rings is 1. The first-order chi connectivity index (χ1) is 9.72. The van der Waals surface area contributed by atoms with Gasteiger partial charge in [0.05, 0.1) is 10.6 Å². The molecule has 2 heterocycles. The average Bonchev–Trinajstić information content (AvgIpc) is 2.88. The SMILES string of the molecule is O=[N+]([O-])c1ccc(OCc2cn3ccccc3n2)cc1. The van der Waals surface area contributed by atoms with Gasteiger partial charge in [0.2, 0.25) is 0 Å². The third kappa shape index (κ3) is 2.44. The molecule has 0 aliphatic rings. The Labute approximate surface area is 114 Å². The summed E-state index contributed by atoms with van der Waals surface area (Å²) in [6.07, 6.45) is 3.80. The average molecular weight is 269 g/mol. The molecular formula is C14H11N3O3. The molecule has 0 unspecified atom stereocenters. The first-order valence-electron chi connectivity index (χ1n) is 6.02. The van der Waals surface area contributed by atoms with Crippen LogP contribution in [-0.2, 0) is 6.61 Å². The van der Waals surface area contributed by atoms with E-state index in [0.717, 1.165) is 11.3 Å². The molecule has 6 nitrogen and oxygen atoms in total. The molecule has 3 rings (SSSR count). The first kappa shape index (κ1) is 12.2. The molecule has 0 atom stereocenters. The van der Waals surface area contributed by atoms with Crippen molar-refractivity contribution in [3.63, 3.8) is 0 Å². The minimum atomic E-state index is -0.439. The summed E-state index contributed by atoms with van der Waals surface area (Å²) in [5, 5.41) is 10.5. The molecule has 100 valence electrons. The Bertz CT molecular complexity index is 717. The highest BCUT2D eigenvalue weighted by molar-refractivity contribution is 5.39. The minimum absolute atomic E-state index is 0.0464. The van der Waals surface area contributed by atoms with Gasteiger partial charge in [-0.2, -0.15) is 0 Å². The van der Waals surface area contributed by atoms with Crippen LogP contribution >= 0.6 is 0 Å². The molecule has 0 aliphatic carbocycles. The molecule has 3 aromatic rings. The molecule has 6 heteroatoms. The van der Waals surface area contributed by atoms with E-state index in [-0.39, 0.29) is 5.69 Å². The zero-order chi connectivity index (χ0) is 13.9. The number of hydrogen-bond donors (Lipinski definition) is 0. The Morgan fingerprint density at radius 1 is 1.20 bits per heavy atom. The van der Waals surface area contributed by atoms with Crippen LogP contribution < -0.4 is 4.74 Å². The molecule has 0 radical (unpaired) electrons. The van der Waals surface area contributed by atoms with Crippen LogP contribution in [0.25, 0.3) is 5.65 Å². The second kappa shape index (κ2) is 5.00. The molecule has 2 aromatic heterocycles. The van der Waals surface area contributed by atoms with Crippen LogP contribution in [0.1, 0.15) is 5.69 Å². The summed E-state index contributed by atoms with van der Waals surface area (Å²) in [6.45, 7) is 0.319. The highest BCUT2D eigenvalue weighted by Gasteiger charge is 2.05. The van der Waals surface area contributed by atoms with Gasteiger partial charge < -0.3 is 9.14 Å². The van der Waals surface area contributed by atoms with Gasteiger partial charge in [0.1, 0.15) is 18.0 Å². The van der Waals surface area contributed by atoms with Gasteiger partial charge in [-0.15, -0.1) is 0 Å². The van der Waals surface area contributed by atoms with Crippen molar-refractivity contribution in [2.24, 2.45) is 0 Å². The Morgan fingerprint density at radius 3 is 2.70 bits per heavy atom. The summed E-state index contributed by atoms with van der Waals surface area (Å²) in [5.41, 5.74) is 1.70. The standard InChI is InChI=1S/C14H11N3O3/c18-17(19)12-4-6-13(7-5-12)20-10-11-9-16-8-2-1-3-14(16)15-11/h1-9H,10H2. The Balaban J connectivity index is 1.71. The van der Waals surface area contributed by atoms with Gasteiger partial charge >= 0.3 is 0 Å². The smallest absolute Gasteiger partial charge is 0.269 e. The number of aromatic nitrogens is 2. The summed E-state index contributed by atoms with van der Waals surface area (Å²) >= 11 is 0. The lowest BCUT2D eigenvalue weighted by Gasteiger charge is -2.03. The van der Waals surface area contributed by atoms with Gasteiger partial charge in [-0.1, -0.05) is 6.07 Å². The van der Waals surface area contributed by atoms with Gasteiger partial charge in [0, 0.05) is 24.5 Å². The number of ether oxygens (including phenoxy) is 1. The second-order valence-corrected chi connectivity index (χ2v) is 4.24. The zero-order valence-corrected chi connectivity index (χ0v) is 10.5. The van der Waals surface area contributed by atoms with Crippen molar-refractivity contribution in [1.82, 2.24) is 9.38 Å². The maximum absolute atomic E-state index is 10.5. The largest absolute Gasteiger partial charge is 0.487 e. The van der Waals surface area contributed by atoms with Crippen LogP contribution in [0.3, 0.4) is 0 Å². The summed E-state index contributed by atoms with van der Waals surface area (Å²) in [4.78, 5) is 14.5. The molecule has 20 heavy (non-hydrogen) atoms. The molecule has 0 aliphatic heterocycles. The van der Waals surface area contributed by atoms with E-state index in [0.29, 0.717) is 12.4 Å². The van der Waals surface area contributed by atoms with Crippen molar-refractivity contribution in [2.75, 3.05) is 0 Å². The molecule has 0 saturated carbocycles. The fourth-order valence-electron chi connectivity index (χ4n) is 1.88. The van der Waals surface area contributed by atoms with Crippen molar-refractivity contribution < 1.29 is 9.66 Å². The molecule has 0 amide bonds. The highest BCUT2D eigenvalue weighted by atomic mass is 16.6. The van der Waals surface area contributed by atoms with E-state index in [4.69, 9.17) is 4.74 Å². The lowest BCUT2D eigenvalue weighted by Crippen LogP contribution is -1.95. The number of pyridine rings is 1. The molecule has 0 saturated heterocycles. The summed E-state index contributed by atoms with van der Waals surface area (Å²) < 4.78 is 7.47. The van der Waals surface area contributed by atoms with Crippen molar-refractivity contribution in [3.05, 3.63) is 70.7 Å². The van der Waals surface area contributed by atoms with Gasteiger partial charge in [-0.05, 0) is 24.3 Å². The Morgan fingerprint density at radius 2 is 2.00 bits per heavy atom. The van der Waals surface area contributed by atoms with Gasteiger partial charge in [-0.3, -0.25) is 10.1 Å². The molecule has 0 fully saturated rings. The third-order valence-electron chi connectivity index (χ3n) is 2.85. The maximum Gasteiger partial charge on any atom is 0.269 e. The summed E-state index contributed by atoms with van der Waals surface area (Å²) in [7, 11) is 0. The van der Waals surface area contributed by atoms with Crippen molar-refractivity contribution in [1.29, 1.82) is 0 Å². The quantitative estimate of drug-likeness (QED) is 0.539. The van der Waals surface area contributed by atoms with Gasteiger partial charge in [0.25, 0.3) is 5.69 Å². The molecule has 0 N–H and O–H groups in total. The van der Waals surface area contributed by atoms with E-state index in [9.17, 15) is 10.1 Å². The van der Waals surface area contributed by atoms with Crippen LogP contribution in [0.2, 0.25) is 0 Å². The molecule has 0 bridgehead atoms. The maximum atomic E-state index is 10.5. The van der Waals surface area contributed by atoms with E-state index >= 15 is 0 Å². The third-order valence-corrected chi connectivity index (χ3v) is 2.85. The van der Waals surface area contributed by atoms with Gasteiger partial charge in [-0.25, -0.2) is 4.98 Å². The second-order valence-electron chi connectivity index (χ2n) is 4.24. The first-order valence-corrected chi connectivity index (χ1v) is 6.02. The molecule has 1 aromatic carbocycles. The molecule has 0 spiro atoms. The fraction of sp³-hybridized carbons (Fsp3) is 0.0714. The van der Waals surface area contributed by atoms with Crippen LogP contribution in [0.4, 0.5) is 5.69 Å². The summed E-state index contributed by atoms with van der Waals surface area (Å²) in [5.74, 6) is 0.577. The summed E-state index contributed by atoms with van der Waals surface area (Å²) in [6, 6.07) is 11.7. The van der Waals surface area contributed by atoms with Crippen LogP contribution in [0, 0.1) is 10.1 Å². The minimum Gasteiger partial charge on any atom is -0.487 e. The Hall–Kier alpha value is -2.89. The van der Waals surface area contributed by atoms with Crippen molar-refractivity contribution in [2.45, 2.75) is 6.61 Å². The van der Waals surface area contributed by atoms with Crippen LogP contribution in [0.15, 0.2) is 54.9 Å². The molecular weight excluding hydrogens is 258 g/mol. The van der Waals surface area contributed by atoms with Crippen molar-refractivity contribution >= 4 is 11.3 Å². The van der Waals surface area contributed by atoms with Gasteiger partial charge in [0.15, 0.2) is 0 Å². The van der Waals surface area contributed by atoms with Crippen molar-refractivity contribution in [3.8, 4) is 5.75 Å². The Kier molecular flexibility index (Phi) is 3.04. The van der Waals surface area contributed by atoms with E-state index < -0.39 is 4.92 Å². The lowest BCUT2D eigenvalue weighted by atomic mass is 10.3. The van der Waals surface area contributed by atoms with E-state index in [1.807, 2.05) is 35.0 Å². The predicted molar refractivity (Wildman–Crippen MR) is 72.6 cm³/mol. The monoisotopic (exact) mass is 269 g/mol. The fourth-order valence-corrected chi connectivity index (χ4v) is 1.88. The van der Waals surface area contributed by atoms with E-state index in [2.05, 4.69) is 4.98 Å². The van der Waals surface area contributed by atoms with Crippen LogP contribution in [-0.4, -0.2) is 14.3 Å². The topological polar surface area (TPSA) is 69.7 Å². The predicted octanol–water partition coefficient (Wildman–Crippen LogP) is 2.82. The number of non-ortho nitro benzene ring substituents is 1. The number of hydrogen-bond acceptors (Lipinski definition) is 4. The number of nitrogens with zero attached hydrogens (tertiary/aromatic N) is 3. The zero-order valence-electron chi connectivity index (χ0n) is 10.5. The highest BCUT2D eigenvalue weighted by Crippen LogP contribution is 2.18. The number of benzene rings is 1. The normalized spacial score (nSPS) is 10.6. The van der Waals surface area contributed by atoms with E-state index in [1.165, 1.54) is 12.1 Å².